The molecule has 1 heterocycles. The van der Waals surface area contributed by atoms with Crippen LogP contribution in [0.2, 0.25) is 0 Å². The Morgan fingerprint density at radius 3 is 2.76 bits per heavy atom. The fraction of sp³-hybridized carbons (Fsp3) is 0.562. The predicted octanol–water partition coefficient (Wildman–Crippen LogP) is 2.44. The molecule has 0 spiro atoms. The molecule has 1 aromatic rings. The molecule has 0 N–H and O–H groups in total. The zero-order chi connectivity index (χ0) is 14.8. The van der Waals surface area contributed by atoms with E-state index in [0.717, 1.165) is 30.4 Å². The van der Waals surface area contributed by atoms with Gasteiger partial charge in [-0.25, -0.2) is 0 Å². The summed E-state index contributed by atoms with van der Waals surface area (Å²) in [5.74, 6) is 0.231. The first-order valence-electron chi connectivity index (χ1n) is 7.48. The number of likely N-dealkylation sites (N-methyl/N-ethyl adjacent to an activating group) is 1. The van der Waals surface area contributed by atoms with Crippen molar-refractivity contribution in [3.63, 3.8) is 0 Å². The first-order valence-corrected chi connectivity index (χ1v) is 8.28. The summed E-state index contributed by atoms with van der Waals surface area (Å²) in [6.07, 6.45) is 2.38. The third-order valence-electron chi connectivity index (χ3n) is 4.24. The lowest BCUT2D eigenvalue weighted by molar-refractivity contribution is -0.133. The summed E-state index contributed by atoms with van der Waals surface area (Å²) >= 11 is 3.45. The van der Waals surface area contributed by atoms with Gasteiger partial charge in [-0.2, -0.15) is 0 Å². The summed E-state index contributed by atoms with van der Waals surface area (Å²) < 4.78 is 6.92. The highest BCUT2D eigenvalue weighted by molar-refractivity contribution is 9.10. The third-order valence-corrected chi connectivity index (χ3v) is 4.77. The highest BCUT2D eigenvalue weighted by Crippen LogP contribution is 2.26. The van der Waals surface area contributed by atoms with Gasteiger partial charge in [-0.05, 0) is 30.5 Å². The average molecular weight is 353 g/mol. The SMILES string of the molecule is CN(C(=O)CN1CCO[C@H](c2ccc(Br)cc2)C1)C1CC1. The number of amides is 1. The number of rotatable bonds is 4. The molecule has 4 nitrogen and oxygen atoms in total. The van der Waals surface area contributed by atoms with Crippen molar-refractivity contribution in [3.8, 4) is 0 Å². The molecule has 1 aliphatic heterocycles. The first-order chi connectivity index (χ1) is 10.1. The van der Waals surface area contributed by atoms with Crippen LogP contribution in [0.15, 0.2) is 28.7 Å². The number of hydrogen-bond donors (Lipinski definition) is 0. The Labute approximate surface area is 134 Å². The van der Waals surface area contributed by atoms with Crippen molar-refractivity contribution in [1.82, 2.24) is 9.80 Å². The van der Waals surface area contributed by atoms with E-state index in [1.54, 1.807) is 0 Å². The fourth-order valence-corrected chi connectivity index (χ4v) is 2.96. The number of hydrogen-bond acceptors (Lipinski definition) is 3. The zero-order valence-corrected chi connectivity index (χ0v) is 13.9. The summed E-state index contributed by atoms with van der Waals surface area (Å²) in [5, 5.41) is 0. The Bertz CT molecular complexity index is 502. The minimum absolute atomic E-state index is 0.0610. The number of carbonyl (C=O) groups excluding carboxylic acids is 1. The number of benzene rings is 1. The Balaban J connectivity index is 1.57. The number of ether oxygens (including phenoxy) is 1. The molecule has 114 valence electrons. The summed E-state index contributed by atoms with van der Waals surface area (Å²) in [6, 6.07) is 8.71. The number of nitrogens with zero attached hydrogens (tertiary/aromatic N) is 2. The lowest BCUT2D eigenvalue weighted by Crippen LogP contribution is -2.45. The van der Waals surface area contributed by atoms with Gasteiger partial charge >= 0.3 is 0 Å². The van der Waals surface area contributed by atoms with Gasteiger partial charge in [0.25, 0.3) is 0 Å². The second-order valence-corrected chi connectivity index (χ2v) is 6.80. The molecule has 0 aromatic heterocycles. The molecule has 0 radical (unpaired) electrons. The van der Waals surface area contributed by atoms with E-state index in [0.29, 0.717) is 19.2 Å². The molecule has 3 rings (SSSR count). The lowest BCUT2D eigenvalue weighted by Gasteiger charge is -2.33. The van der Waals surface area contributed by atoms with Crippen molar-refractivity contribution in [2.45, 2.75) is 25.0 Å². The van der Waals surface area contributed by atoms with Crippen molar-refractivity contribution in [3.05, 3.63) is 34.3 Å². The van der Waals surface area contributed by atoms with Crippen LogP contribution in [0.4, 0.5) is 0 Å². The van der Waals surface area contributed by atoms with Crippen LogP contribution in [0.1, 0.15) is 24.5 Å². The second-order valence-electron chi connectivity index (χ2n) is 5.88. The maximum absolute atomic E-state index is 12.2. The van der Waals surface area contributed by atoms with E-state index in [4.69, 9.17) is 4.74 Å². The van der Waals surface area contributed by atoms with Gasteiger partial charge in [0, 0.05) is 30.7 Å². The van der Waals surface area contributed by atoms with Gasteiger partial charge in [-0.15, -0.1) is 0 Å². The van der Waals surface area contributed by atoms with Crippen LogP contribution in [0.25, 0.3) is 0 Å². The standard InChI is InChI=1S/C16H21BrN2O2/c1-18(14-6-7-14)16(20)11-19-8-9-21-15(10-19)12-2-4-13(17)5-3-12/h2-5,14-15H,6-11H2,1H3/t15-/m0/s1. The zero-order valence-electron chi connectivity index (χ0n) is 12.3. The number of halogens is 1. The molecule has 1 saturated heterocycles. The molecule has 2 fully saturated rings. The van der Waals surface area contributed by atoms with Crippen molar-refractivity contribution in [2.24, 2.45) is 0 Å². The van der Waals surface area contributed by atoms with E-state index in [9.17, 15) is 4.79 Å². The summed E-state index contributed by atoms with van der Waals surface area (Å²) in [7, 11) is 1.92. The van der Waals surface area contributed by atoms with Crippen LogP contribution in [-0.4, -0.2) is 55.0 Å². The molecule has 2 aliphatic rings. The normalized spacial score (nSPS) is 23.0. The van der Waals surface area contributed by atoms with E-state index in [1.807, 2.05) is 24.1 Å². The molecule has 0 bridgehead atoms. The summed E-state index contributed by atoms with van der Waals surface area (Å²) in [4.78, 5) is 16.3. The molecule has 1 aliphatic carbocycles. The maximum atomic E-state index is 12.2. The Hall–Kier alpha value is -0.910. The van der Waals surface area contributed by atoms with Gasteiger partial charge in [0.15, 0.2) is 0 Å². The van der Waals surface area contributed by atoms with Crippen molar-refractivity contribution in [1.29, 1.82) is 0 Å². The third kappa shape index (κ3) is 3.84. The van der Waals surface area contributed by atoms with Gasteiger partial charge in [0.1, 0.15) is 0 Å². The summed E-state index contributed by atoms with van der Waals surface area (Å²) in [6.45, 7) is 2.80. The van der Waals surface area contributed by atoms with Crippen LogP contribution in [-0.2, 0) is 9.53 Å². The molecule has 0 unspecified atom stereocenters. The van der Waals surface area contributed by atoms with Crippen LogP contribution in [0.3, 0.4) is 0 Å². The number of morpholine rings is 1. The minimum atomic E-state index is 0.0610. The smallest absolute Gasteiger partial charge is 0.236 e. The summed E-state index contributed by atoms with van der Waals surface area (Å²) in [5.41, 5.74) is 1.17. The monoisotopic (exact) mass is 352 g/mol. The molecule has 1 atom stereocenters. The van der Waals surface area contributed by atoms with Crippen LogP contribution in [0, 0.1) is 0 Å². The van der Waals surface area contributed by atoms with Gasteiger partial charge < -0.3 is 9.64 Å². The Morgan fingerprint density at radius 2 is 2.10 bits per heavy atom. The van der Waals surface area contributed by atoms with Crippen molar-refractivity contribution >= 4 is 21.8 Å². The molecule has 5 heteroatoms. The van der Waals surface area contributed by atoms with Crippen LogP contribution >= 0.6 is 15.9 Å². The molecule has 1 aromatic carbocycles. The van der Waals surface area contributed by atoms with Gasteiger partial charge in [-0.1, -0.05) is 28.1 Å². The van der Waals surface area contributed by atoms with E-state index in [2.05, 4.69) is 33.0 Å². The highest BCUT2D eigenvalue weighted by atomic mass is 79.9. The topological polar surface area (TPSA) is 32.8 Å². The van der Waals surface area contributed by atoms with Gasteiger partial charge in [-0.3, -0.25) is 9.69 Å². The Morgan fingerprint density at radius 1 is 1.38 bits per heavy atom. The average Bonchev–Trinajstić information content (AvgIpc) is 3.32. The van der Waals surface area contributed by atoms with E-state index in [-0.39, 0.29) is 12.0 Å². The quantitative estimate of drug-likeness (QED) is 0.834. The number of carbonyl (C=O) groups is 1. The van der Waals surface area contributed by atoms with Crippen molar-refractivity contribution in [2.75, 3.05) is 33.3 Å². The largest absolute Gasteiger partial charge is 0.371 e. The molecule has 1 amide bonds. The van der Waals surface area contributed by atoms with Crippen LogP contribution < -0.4 is 0 Å². The van der Waals surface area contributed by atoms with Gasteiger partial charge in [0.2, 0.25) is 5.91 Å². The highest BCUT2D eigenvalue weighted by Gasteiger charge is 2.31. The molecule has 21 heavy (non-hydrogen) atoms. The van der Waals surface area contributed by atoms with Crippen molar-refractivity contribution < 1.29 is 9.53 Å². The maximum Gasteiger partial charge on any atom is 0.236 e. The van der Waals surface area contributed by atoms with Crippen LogP contribution in [0.5, 0.6) is 0 Å². The molecular formula is C16H21BrN2O2. The Kier molecular flexibility index (Phi) is 4.62. The minimum Gasteiger partial charge on any atom is -0.371 e. The predicted molar refractivity (Wildman–Crippen MR) is 85.1 cm³/mol. The fourth-order valence-electron chi connectivity index (χ4n) is 2.69. The van der Waals surface area contributed by atoms with E-state index >= 15 is 0 Å². The molecular weight excluding hydrogens is 332 g/mol. The lowest BCUT2D eigenvalue weighted by atomic mass is 10.1. The van der Waals surface area contributed by atoms with Gasteiger partial charge in [0.05, 0.1) is 19.3 Å². The molecule has 1 saturated carbocycles. The van der Waals surface area contributed by atoms with E-state index in [1.165, 1.54) is 5.56 Å². The second kappa shape index (κ2) is 6.46. The van der Waals surface area contributed by atoms with E-state index < -0.39 is 0 Å². The first kappa shape index (κ1) is 15.0.